The Bertz CT molecular complexity index is 1120. The molecule has 0 spiro atoms. The van der Waals surface area contributed by atoms with Gasteiger partial charge in [0.15, 0.2) is 0 Å². The first kappa shape index (κ1) is 23.8. The normalized spacial score (nSPS) is 26.8. The zero-order chi connectivity index (χ0) is 25.0. The van der Waals surface area contributed by atoms with Crippen LogP contribution in [0.4, 0.5) is 9.18 Å². The van der Waals surface area contributed by atoms with Gasteiger partial charge in [0.1, 0.15) is 11.4 Å². The van der Waals surface area contributed by atoms with Crippen LogP contribution in [0, 0.1) is 11.2 Å². The van der Waals surface area contributed by atoms with Crippen molar-refractivity contribution < 1.29 is 18.7 Å². The Balaban J connectivity index is 1.24. The summed E-state index contributed by atoms with van der Waals surface area (Å²) in [6.07, 6.45) is 4.70. The van der Waals surface area contributed by atoms with Gasteiger partial charge in [0.2, 0.25) is 5.91 Å². The van der Waals surface area contributed by atoms with Gasteiger partial charge in [-0.15, -0.1) is 0 Å². The van der Waals surface area contributed by atoms with E-state index >= 15 is 0 Å². The number of benzene rings is 2. The Morgan fingerprint density at radius 3 is 2.40 bits per heavy atom. The summed E-state index contributed by atoms with van der Waals surface area (Å²) in [5.74, 6) is -0.127. The topological polar surface area (TPSA) is 49.9 Å². The first-order chi connectivity index (χ1) is 16.5. The number of nitrogens with zero attached hydrogens (tertiary/aromatic N) is 2. The fourth-order valence-electron chi connectivity index (χ4n) is 6.44. The largest absolute Gasteiger partial charge is 0.444 e. The maximum absolute atomic E-state index is 13.6. The van der Waals surface area contributed by atoms with Crippen LogP contribution in [-0.4, -0.2) is 46.5 Å². The van der Waals surface area contributed by atoms with Crippen LogP contribution in [0.15, 0.2) is 48.5 Å². The molecule has 1 atom stereocenters. The van der Waals surface area contributed by atoms with E-state index in [9.17, 15) is 14.0 Å². The van der Waals surface area contributed by atoms with Crippen LogP contribution in [-0.2, 0) is 16.0 Å². The molecule has 0 unspecified atom stereocenters. The SMILES string of the molecule is CN(C(=O)OC(C)(C)C)C12CC(CCC(=O)N3CCc4ccccc4[C@@H]3c3ccc(F)cc3)(C1)C2. The summed E-state index contributed by atoms with van der Waals surface area (Å²) in [6.45, 7) is 6.31. The van der Waals surface area contributed by atoms with Crippen molar-refractivity contribution in [2.75, 3.05) is 13.6 Å². The predicted molar refractivity (Wildman–Crippen MR) is 132 cm³/mol. The summed E-state index contributed by atoms with van der Waals surface area (Å²) in [5, 5.41) is 0. The van der Waals surface area contributed by atoms with Crippen LogP contribution in [0.3, 0.4) is 0 Å². The molecule has 1 heterocycles. The lowest BCUT2D eigenvalue weighted by Gasteiger charge is -2.73. The van der Waals surface area contributed by atoms with Crippen molar-refractivity contribution >= 4 is 12.0 Å². The molecule has 3 aliphatic carbocycles. The molecule has 186 valence electrons. The first-order valence-electron chi connectivity index (χ1n) is 12.6. The number of carbonyl (C=O) groups excluding carboxylic acids is 2. The molecule has 0 saturated heterocycles. The predicted octanol–water partition coefficient (Wildman–Crippen LogP) is 5.87. The lowest BCUT2D eigenvalue weighted by atomic mass is 9.37. The maximum Gasteiger partial charge on any atom is 0.410 e. The minimum absolute atomic E-state index is 0.105. The van der Waals surface area contributed by atoms with E-state index < -0.39 is 5.60 Å². The van der Waals surface area contributed by atoms with Crippen molar-refractivity contribution in [2.45, 2.75) is 76.5 Å². The molecule has 1 aliphatic heterocycles. The quantitative estimate of drug-likeness (QED) is 0.540. The van der Waals surface area contributed by atoms with Crippen molar-refractivity contribution in [2.24, 2.45) is 5.41 Å². The lowest BCUT2D eigenvalue weighted by molar-refractivity contribution is -0.209. The van der Waals surface area contributed by atoms with Gasteiger partial charge in [-0.05, 0) is 87.1 Å². The average Bonchev–Trinajstić information content (AvgIpc) is 2.75. The number of ether oxygens (including phenoxy) is 1. The Labute approximate surface area is 207 Å². The van der Waals surface area contributed by atoms with Crippen LogP contribution < -0.4 is 0 Å². The van der Waals surface area contributed by atoms with E-state index in [4.69, 9.17) is 4.74 Å². The zero-order valence-electron chi connectivity index (χ0n) is 21.1. The molecule has 4 aliphatic rings. The molecule has 6 heteroatoms. The first-order valence-corrected chi connectivity index (χ1v) is 12.6. The second-order valence-electron chi connectivity index (χ2n) is 11.8. The van der Waals surface area contributed by atoms with Crippen molar-refractivity contribution in [1.29, 1.82) is 0 Å². The summed E-state index contributed by atoms with van der Waals surface area (Å²) in [6, 6.07) is 14.6. The third-order valence-corrected chi connectivity index (χ3v) is 8.15. The maximum atomic E-state index is 13.6. The van der Waals surface area contributed by atoms with Crippen LogP contribution in [0.2, 0.25) is 0 Å². The summed E-state index contributed by atoms with van der Waals surface area (Å²) in [4.78, 5) is 29.8. The zero-order valence-corrected chi connectivity index (χ0v) is 21.1. The summed E-state index contributed by atoms with van der Waals surface area (Å²) < 4.78 is 19.2. The summed E-state index contributed by atoms with van der Waals surface area (Å²) >= 11 is 0. The number of amides is 2. The van der Waals surface area contributed by atoms with Gasteiger partial charge < -0.3 is 14.5 Å². The van der Waals surface area contributed by atoms with Crippen LogP contribution in [0.25, 0.3) is 0 Å². The molecule has 6 rings (SSSR count). The Hall–Kier alpha value is -2.89. The van der Waals surface area contributed by atoms with Gasteiger partial charge in [0, 0.05) is 25.6 Å². The van der Waals surface area contributed by atoms with Gasteiger partial charge in [0.25, 0.3) is 0 Å². The van der Waals surface area contributed by atoms with E-state index in [2.05, 4.69) is 12.1 Å². The van der Waals surface area contributed by atoms with E-state index in [-0.39, 0.29) is 34.8 Å². The monoisotopic (exact) mass is 478 g/mol. The molecule has 2 aromatic carbocycles. The van der Waals surface area contributed by atoms with Crippen molar-refractivity contribution in [3.05, 3.63) is 71.0 Å². The molecule has 3 fully saturated rings. The fourth-order valence-corrected chi connectivity index (χ4v) is 6.44. The summed E-state index contributed by atoms with van der Waals surface area (Å²) in [7, 11) is 1.83. The highest BCUT2D eigenvalue weighted by molar-refractivity contribution is 5.78. The molecule has 0 aromatic heterocycles. The fraction of sp³-hybridized carbons (Fsp3) is 0.517. The number of carbonyl (C=O) groups is 2. The van der Waals surface area contributed by atoms with E-state index in [0.717, 1.165) is 43.2 Å². The summed E-state index contributed by atoms with van der Waals surface area (Å²) in [5.41, 5.74) is 2.86. The van der Waals surface area contributed by atoms with E-state index in [1.807, 2.05) is 44.9 Å². The van der Waals surface area contributed by atoms with Gasteiger partial charge >= 0.3 is 6.09 Å². The third kappa shape index (κ3) is 4.32. The third-order valence-electron chi connectivity index (χ3n) is 8.15. The molecule has 2 aromatic rings. The molecular formula is C29H35FN2O3. The van der Waals surface area contributed by atoms with Gasteiger partial charge in [-0.25, -0.2) is 9.18 Å². The van der Waals surface area contributed by atoms with Gasteiger partial charge in [-0.2, -0.15) is 0 Å². The lowest BCUT2D eigenvalue weighted by Crippen LogP contribution is -2.74. The number of hydrogen-bond donors (Lipinski definition) is 0. The molecule has 5 nitrogen and oxygen atoms in total. The Morgan fingerprint density at radius 2 is 1.74 bits per heavy atom. The van der Waals surface area contributed by atoms with E-state index in [1.165, 1.54) is 17.7 Å². The van der Waals surface area contributed by atoms with Crippen molar-refractivity contribution in [1.82, 2.24) is 9.80 Å². The van der Waals surface area contributed by atoms with Gasteiger partial charge in [-0.3, -0.25) is 4.79 Å². The molecular weight excluding hydrogens is 443 g/mol. The second-order valence-corrected chi connectivity index (χ2v) is 11.8. The Kier molecular flexibility index (Phi) is 5.69. The van der Waals surface area contributed by atoms with Crippen molar-refractivity contribution in [3.63, 3.8) is 0 Å². The van der Waals surface area contributed by atoms with E-state index in [1.54, 1.807) is 17.0 Å². The van der Waals surface area contributed by atoms with Crippen LogP contribution in [0.5, 0.6) is 0 Å². The molecule has 2 amide bonds. The highest BCUT2D eigenvalue weighted by atomic mass is 19.1. The smallest absolute Gasteiger partial charge is 0.410 e. The van der Waals surface area contributed by atoms with Gasteiger partial charge in [-0.1, -0.05) is 36.4 Å². The molecule has 35 heavy (non-hydrogen) atoms. The Morgan fingerprint density at radius 1 is 1.09 bits per heavy atom. The molecule has 0 radical (unpaired) electrons. The number of halogens is 1. The number of fused-ring (bicyclic) bond motifs is 1. The van der Waals surface area contributed by atoms with Crippen LogP contribution >= 0.6 is 0 Å². The number of hydrogen-bond acceptors (Lipinski definition) is 3. The van der Waals surface area contributed by atoms with Gasteiger partial charge in [0.05, 0.1) is 6.04 Å². The molecule has 3 saturated carbocycles. The highest BCUT2D eigenvalue weighted by Gasteiger charge is 2.70. The highest BCUT2D eigenvalue weighted by Crippen LogP contribution is 2.71. The van der Waals surface area contributed by atoms with Crippen LogP contribution in [0.1, 0.15) is 75.6 Å². The minimum Gasteiger partial charge on any atom is -0.444 e. The van der Waals surface area contributed by atoms with Crippen molar-refractivity contribution in [3.8, 4) is 0 Å². The van der Waals surface area contributed by atoms with E-state index in [0.29, 0.717) is 13.0 Å². The molecule has 0 N–H and O–H groups in total. The average molecular weight is 479 g/mol. The second kappa shape index (κ2) is 8.35. The standard InChI is InChI=1S/C29H35FN2O3/c1-27(2,3)35-26(34)31(4)29-17-28(18-29,19-29)15-13-24(33)32-16-14-20-7-5-6-8-23(20)25(32)21-9-11-22(30)12-10-21/h5-12,25H,13-19H2,1-4H3/t25-,28?,29?/m0/s1. The number of rotatable bonds is 5. The minimum atomic E-state index is -0.507. The molecule has 2 bridgehead atoms.